The Kier molecular flexibility index (Phi) is 8.08. The van der Waals surface area contributed by atoms with Gasteiger partial charge >= 0.3 is 12.0 Å². The third-order valence-electron chi connectivity index (χ3n) is 6.14. The summed E-state index contributed by atoms with van der Waals surface area (Å²) in [5.41, 5.74) is 2.62. The van der Waals surface area contributed by atoms with Gasteiger partial charge < -0.3 is 24.6 Å². The minimum atomic E-state index is -0.600. The van der Waals surface area contributed by atoms with E-state index < -0.39 is 17.7 Å². The summed E-state index contributed by atoms with van der Waals surface area (Å²) >= 11 is 6.37. The molecule has 4 rings (SSSR count). The summed E-state index contributed by atoms with van der Waals surface area (Å²) in [5, 5.41) is 4.36. The molecule has 2 heterocycles. The molecule has 0 bridgehead atoms. The summed E-state index contributed by atoms with van der Waals surface area (Å²) in [4.78, 5) is 36.3. The Morgan fingerprint density at radius 2 is 2.03 bits per heavy atom. The van der Waals surface area contributed by atoms with Crippen LogP contribution in [0.15, 0.2) is 42.5 Å². The zero-order valence-electron chi connectivity index (χ0n) is 20.8. The van der Waals surface area contributed by atoms with Crippen LogP contribution in [0.3, 0.4) is 0 Å². The van der Waals surface area contributed by atoms with Gasteiger partial charge in [-0.15, -0.1) is 0 Å². The summed E-state index contributed by atoms with van der Waals surface area (Å²) in [6, 6.07) is 9.09. The van der Waals surface area contributed by atoms with E-state index in [2.05, 4.69) is 24.9 Å². The topological polar surface area (TPSA) is 96.9 Å². The number of carbonyl (C=O) groups excluding carboxylic acids is 2. The standard InChI is InChI=1S/C26H27ClFN5O4/c1-32(14-12-29-21(34)9-10-22(35)36-2)25-17-11-13-33(15-19(17)30-26(31-25)37-3)20-6-4-5-16-7-8-18(28)24(27)23(16)20/h4-10H,11-15H2,1-3H3,(H,29,34)/b10-9+. The minimum Gasteiger partial charge on any atom is -0.467 e. The number of hydrogen-bond donors (Lipinski definition) is 1. The normalized spacial score (nSPS) is 12.9. The van der Waals surface area contributed by atoms with E-state index in [1.165, 1.54) is 20.3 Å². The maximum atomic E-state index is 14.3. The van der Waals surface area contributed by atoms with Crippen LogP contribution in [-0.4, -0.2) is 62.7 Å². The largest absolute Gasteiger partial charge is 0.467 e. The average molecular weight is 528 g/mol. The van der Waals surface area contributed by atoms with Gasteiger partial charge in [-0.2, -0.15) is 9.97 Å². The molecule has 0 unspecified atom stereocenters. The van der Waals surface area contributed by atoms with Crippen LogP contribution < -0.4 is 19.9 Å². The molecular formula is C26H27ClFN5O4. The fourth-order valence-electron chi connectivity index (χ4n) is 4.28. The van der Waals surface area contributed by atoms with Gasteiger partial charge in [0.2, 0.25) is 5.91 Å². The Hall–Kier alpha value is -3.92. The van der Waals surface area contributed by atoms with Gasteiger partial charge in [-0.25, -0.2) is 9.18 Å². The van der Waals surface area contributed by atoms with E-state index in [0.717, 1.165) is 34.5 Å². The fourth-order valence-corrected chi connectivity index (χ4v) is 4.55. The van der Waals surface area contributed by atoms with Gasteiger partial charge in [0.1, 0.15) is 11.6 Å². The Labute approximate surface area is 218 Å². The van der Waals surface area contributed by atoms with Crippen LogP contribution in [0.25, 0.3) is 10.8 Å². The molecule has 1 aliphatic rings. The van der Waals surface area contributed by atoms with E-state index in [-0.39, 0.29) is 11.0 Å². The molecule has 2 aromatic carbocycles. The lowest BCUT2D eigenvalue weighted by Crippen LogP contribution is -2.36. The van der Waals surface area contributed by atoms with E-state index in [4.69, 9.17) is 16.3 Å². The van der Waals surface area contributed by atoms with Crippen molar-refractivity contribution >= 4 is 45.8 Å². The first-order chi connectivity index (χ1) is 17.8. The molecule has 9 nitrogen and oxygen atoms in total. The van der Waals surface area contributed by atoms with Crippen LogP contribution in [-0.2, 0) is 27.3 Å². The molecular weight excluding hydrogens is 501 g/mol. The van der Waals surface area contributed by atoms with Gasteiger partial charge in [-0.1, -0.05) is 29.8 Å². The summed E-state index contributed by atoms with van der Waals surface area (Å²) in [6.07, 6.45) is 2.84. The van der Waals surface area contributed by atoms with Crippen molar-refractivity contribution in [2.45, 2.75) is 13.0 Å². The number of benzene rings is 2. The summed E-state index contributed by atoms with van der Waals surface area (Å²) in [6.45, 7) is 1.92. The third-order valence-corrected chi connectivity index (χ3v) is 6.51. The highest BCUT2D eigenvalue weighted by atomic mass is 35.5. The highest BCUT2D eigenvalue weighted by molar-refractivity contribution is 6.36. The van der Waals surface area contributed by atoms with E-state index in [1.54, 1.807) is 6.07 Å². The van der Waals surface area contributed by atoms with Crippen molar-refractivity contribution in [2.24, 2.45) is 0 Å². The van der Waals surface area contributed by atoms with E-state index >= 15 is 0 Å². The SMILES string of the molecule is COC(=O)/C=C/C(=O)NCCN(C)c1nc(OC)nc2c1CCN(c1cccc3ccc(F)c(Cl)c13)C2. The maximum Gasteiger partial charge on any atom is 0.330 e. The number of anilines is 2. The number of hydrogen-bond acceptors (Lipinski definition) is 8. The quantitative estimate of drug-likeness (QED) is 0.352. The second-order valence-corrected chi connectivity index (χ2v) is 8.81. The predicted octanol–water partition coefficient (Wildman–Crippen LogP) is 3.28. The molecule has 0 atom stereocenters. The summed E-state index contributed by atoms with van der Waals surface area (Å²) in [7, 11) is 4.62. The van der Waals surface area contributed by atoms with E-state index in [1.807, 2.05) is 30.1 Å². The van der Waals surface area contributed by atoms with Crippen LogP contribution in [0.2, 0.25) is 5.02 Å². The molecule has 194 valence electrons. The van der Waals surface area contributed by atoms with Crippen LogP contribution >= 0.6 is 11.6 Å². The average Bonchev–Trinajstić information content (AvgIpc) is 2.92. The van der Waals surface area contributed by atoms with Gasteiger partial charge in [-0.05, 0) is 23.9 Å². The molecule has 0 saturated heterocycles. The number of fused-ring (bicyclic) bond motifs is 2. The summed E-state index contributed by atoms with van der Waals surface area (Å²) in [5.74, 6) is -0.749. The van der Waals surface area contributed by atoms with Crippen LogP contribution in [0.1, 0.15) is 11.3 Å². The van der Waals surface area contributed by atoms with Crippen molar-refractivity contribution in [1.29, 1.82) is 0 Å². The van der Waals surface area contributed by atoms with Crippen molar-refractivity contribution in [1.82, 2.24) is 15.3 Å². The van der Waals surface area contributed by atoms with Gasteiger partial charge in [0.25, 0.3) is 0 Å². The summed E-state index contributed by atoms with van der Waals surface area (Å²) < 4.78 is 24.1. The molecule has 0 spiro atoms. The lowest BCUT2D eigenvalue weighted by atomic mass is 10.0. The molecule has 11 heteroatoms. The van der Waals surface area contributed by atoms with Crippen LogP contribution in [0.4, 0.5) is 15.9 Å². The van der Waals surface area contributed by atoms with Gasteiger partial charge in [-0.3, -0.25) is 4.79 Å². The molecule has 3 aromatic rings. The number of methoxy groups -OCH3 is 2. The van der Waals surface area contributed by atoms with E-state index in [0.29, 0.717) is 43.8 Å². The van der Waals surface area contributed by atoms with Gasteiger partial charge in [0.05, 0.1) is 31.5 Å². The molecule has 0 radical (unpaired) electrons. The second-order valence-electron chi connectivity index (χ2n) is 8.44. The van der Waals surface area contributed by atoms with Crippen molar-refractivity contribution in [2.75, 3.05) is 50.7 Å². The smallest absolute Gasteiger partial charge is 0.330 e. The van der Waals surface area contributed by atoms with Crippen LogP contribution in [0.5, 0.6) is 6.01 Å². The molecule has 0 aliphatic carbocycles. The molecule has 37 heavy (non-hydrogen) atoms. The Bertz CT molecular complexity index is 1370. The molecule has 0 saturated carbocycles. The lowest BCUT2D eigenvalue weighted by molar-refractivity contribution is -0.135. The van der Waals surface area contributed by atoms with Crippen molar-refractivity contribution in [3.63, 3.8) is 0 Å². The Morgan fingerprint density at radius 1 is 1.22 bits per heavy atom. The highest BCUT2D eigenvalue weighted by Crippen LogP contribution is 2.37. The molecule has 1 aliphatic heterocycles. The number of carbonyl (C=O) groups is 2. The number of rotatable bonds is 8. The first kappa shape index (κ1) is 26.2. The monoisotopic (exact) mass is 527 g/mol. The van der Waals surface area contributed by atoms with E-state index in [9.17, 15) is 14.0 Å². The van der Waals surface area contributed by atoms with Crippen molar-refractivity contribution < 1.29 is 23.5 Å². The number of halogens is 2. The van der Waals surface area contributed by atoms with Crippen molar-refractivity contribution in [3.8, 4) is 6.01 Å². The second kappa shape index (κ2) is 11.4. The van der Waals surface area contributed by atoms with Crippen molar-refractivity contribution in [3.05, 3.63) is 64.6 Å². The fraction of sp³-hybridized carbons (Fsp3) is 0.308. The first-order valence-electron chi connectivity index (χ1n) is 11.6. The number of nitrogens with zero attached hydrogens (tertiary/aromatic N) is 4. The number of likely N-dealkylation sites (N-methyl/N-ethyl adjacent to an activating group) is 1. The predicted molar refractivity (Wildman–Crippen MR) is 140 cm³/mol. The molecule has 1 amide bonds. The number of amides is 1. The number of aromatic nitrogens is 2. The third kappa shape index (κ3) is 5.75. The number of ether oxygens (including phenoxy) is 2. The molecule has 1 aromatic heterocycles. The van der Waals surface area contributed by atoms with Gasteiger partial charge in [0.15, 0.2) is 0 Å². The first-order valence-corrected chi connectivity index (χ1v) is 12.0. The Balaban J connectivity index is 1.54. The maximum absolute atomic E-state index is 14.3. The highest BCUT2D eigenvalue weighted by Gasteiger charge is 2.26. The zero-order chi connectivity index (χ0) is 26.5. The van der Waals surface area contributed by atoms with Gasteiger partial charge in [0, 0.05) is 55.5 Å². The number of nitrogens with one attached hydrogen (secondary N) is 1. The molecule has 0 fully saturated rings. The van der Waals surface area contributed by atoms with Crippen LogP contribution in [0, 0.1) is 5.82 Å². The zero-order valence-corrected chi connectivity index (χ0v) is 21.5. The lowest BCUT2D eigenvalue weighted by Gasteiger charge is -2.33. The molecule has 1 N–H and O–H groups in total. The Morgan fingerprint density at radius 3 is 2.78 bits per heavy atom. The minimum absolute atomic E-state index is 0.100. The number of esters is 1.